The zero-order valence-electron chi connectivity index (χ0n) is 14.7. The normalized spacial score (nSPS) is 13.8. The van der Waals surface area contributed by atoms with Crippen LogP contribution in [0.15, 0.2) is 65.6 Å². The van der Waals surface area contributed by atoms with E-state index < -0.39 is 23.2 Å². The van der Waals surface area contributed by atoms with E-state index in [1.165, 1.54) is 0 Å². The average Bonchev–Trinajstić information content (AvgIpc) is 2.54. The smallest absolute Gasteiger partial charge is 0.408 e. The lowest BCUT2D eigenvalue weighted by atomic mass is 10.1. The molecule has 2 aromatic rings. The van der Waals surface area contributed by atoms with Gasteiger partial charge in [0.05, 0.1) is 6.04 Å². The van der Waals surface area contributed by atoms with Crippen molar-refractivity contribution in [2.45, 2.75) is 49.2 Å². The fourth-order valence-electron chi connectivity index (χ4n) is 2.25. The SMILES string of the molecule is CC(C)(C)OC(=O)N[C@@H](Cc1ccccc1)C(F)Sc1ccccc1. The number of rotatable bonds is 6. The van der Waals surface area contributed by atoms with Crippen LogP contribution < -0.4 is 5.32 Å². The second-order valence-electron chi connectivity index (χ2n) is 6.72. The molecule has 0 aromatic heterocycles. The lowest BCUT2D eigenvalue weighted by Gasteiger charge is -2.25. The molecule has 0 fully saturated rings. The van der Waals surface area contributed by atoms with Gasteiger partial charge in [-0.3, -0.25) is 0 Å². The van der Waals surface area contributed by atoms with E-state index in [0.29, 0.717) is 6.42 Å². The number of thioether (sulfide) groups is 1. The van der Waals surface area contributed by atoms with Crippen LogP contribution in [0.3, 0.4) is 0 Å². The summed E-state index contributed by atoms with van der Waals surface area (Å²) in [4.78, 5) is 12.9. The number of nitrogens with one attached hydrogen (secondary N) is 1. The number of ether oxygens (including phenoxy) is 1. The molecule has 0 heterocycles. The Labute approximate surface area is 153 Å². The van der Waals surface area contributed by atoms with E-state index in [1.54, 1.807) is 20.8 Å². The Morgan fingerprint density at radius 3 is 2.20 bits per heavy atom. The molecule has 2 rings (SSSR count). The average molecular weight is 361 g/mol. The fraction of sp³-hybridized carbons (Fsp3) is 0.350. The minimum Gasteiger partial charge on any atom is -0.444 e. The highest BCUT2D eigenvalue weighted by molar-refractivity contribution is 7.99. The first-order valence-corrected chi connectivity index (χ1v) is 9.11. The number of hydrogen-bond acceptors (Lipinski definition) is 3. The van der Waals surface area contributed by atoms with Crippen molar-refractivity contribution in [3.8, 4) is 0 Å². The first-order valence-electron chi connectivity index (χ1n) is 8.23. The van der Waals surface area contributed by atoms with Crippen molar-refractivity contribution >= 4 is 17.9 Å². The van der Waals surface area contributed by atoms with Crippen molar-refractivity contribution in [1.29, 1.82) is 0 Å². The molecule has 5 heteroatoms. The van der Waals surface area contributed by atoms with Crippen LogP contribution in [-0.2, 0) is 11.2 Å². The first kappa shape index (κ1) is 19.3. The third-order valence-electron chi connectivity index (χ3n) is 3.31. The number of alkyl carbamates (subject to hydrolysis) is 1. The quantitative estimate of drug-likeness (QED) is 0.718. The Balaban J connectivity index is 2.09. The Morgan fingerprint density at radius 1 is 1.08 bits per heavy atom. The van der Waals surface area contributed by atoms with Crippen molar-refractivity contribution < 1.29 is 13.9 Å². The van der Waals surface area contributed by atoms with Crippen LogP contribution in [0.5, 0.6) is 0 Å². The third kappa shape index (κ3) is 7.18. The molecule has 0 radical (unpaired) electrons. The summed E-state index contributed by atoms with van der Waals surface area (Å²) >= 11 is 1.09. The van der Waals surface area contributed by atoms with Crippen molar-refractivity contribution in [2.24, 2.45) is 0 Å². The first-order chi connectivity index (χ1) is 11.8. The van der Waals surface area contributed by atoms with Crippen molar-refractivity contribution in [3.63, 3.8) is 0 Å². The molecule has 0 aliphatic rings. The van der Waals surface area contributed by atoms with Crippen molar-refractivity contribution in [3.05, 3.63) is 66.2 Å². The highest BCUT2D eigenvalue weighted by atomic mass is 32.2. The van der Waals surface area contributed by atoms with Gasteiger partial charge in [-0.15, -0.1) is 0 Å². The van der Waals surface area contributed by atoms with E-state index in [1.807, 2.05) is 60.7 Å². The molecule has 2 atom stereocenters. The van der Waals surface area contributed by atoms with Crippen LogP contribution in [0.4, 0.5) is 9.18 Å². The summed E-state index contributed by atoms with van der Waals surface area (Å²) in [6, 6.07) is 18.2. The summed E-state index contributed by atoms with van der Waals surface area (Å²) in [6.45, 7) is 5.35. The van der Waals surface area contributed by atoms with Gasteiger partial charge in [0.25, 0.3) is 0 Å². The van der Waals surface area contributed by atoms with Gasteiger partial charge >= 0.3 is 6.09 Å². The summed E-state index contributed by atoms with van der Waals surface area (Å²) in [5.41, 5.74) is -0.963. The monoisotopic (exact) mass is 361 g/mol. The molecule has 0 saturated heterocycles. The standard InChI is InChI=1S/C20H24FNO2S/c1-20(2,3)24-19(23)22-17(14-15-10-6-4-7-11-15)18(21)25-16-12-8-5-9-13-16/h4-13,17-18H,14H2,1-3H3,(H,22,23)/t17-,18?/m0/s1. The lowest BCUT2D eigenvalue weighted by Crippen LogP contribution is -2.44. The molecule has 1 N–H and O–H groups in total. The maximum absolute atomic E-state index is 14.9. The molecule has 0 aliphatic carbocycles. The number of carbonyl (C=O) groups is 1. The maximum Gasteiger partial charge on any atom is 0.408 e. The lowest BCUT2D eigenvalue weighted by molar-refractivity contribution is 0.0491. The van der Waals surface area contributed by atoms with E-state index in [4.69, 9.17) is 4.74 Å². The van der Waals surface area contributed by atoms with Gasteiger partial charge in [-0.2, -0.15) is 0 Å². The van der Waals surface area contributed by atoms with E-state index in [0.717, 1.165) is 22.2 Å². The summed E-state index contributed by atoms with van der Waals surface area (Å²) in [6.07, 6.45) is -0.217. The zero-order chi connectivity index (χ0) is 18.3. The molecular weight excluding hydrogens is 337 g/mol. The molecule has 134 valence electrons. The number of alkyl halides is 1. The predicted octanol–water partition coefficient (Wildman–Crippen LogP) is 5.21. The summed E-state index contributed by atoms with van der Waals surface area (Å²) < 4.78 is 20.2. The minimum atomic E-state index is -1.30. The Bertz CT molecular complexity index is 658. The molecule has 3 nitrogen and oxygen atoms in total. The van der Waals surface area contributed by atoms with E-state index in [9.17, 15) is 9.18 Å². The van der Waals surface area contributed by atoms with Crippen molar-refractivity contribution in [1.82, 2.24) is 5.32 Å². The Hall–Kier alpha value is -2.01. The van der Waals surface area contributed by atoms with Gasteiger partial charge in [0.1, 0.15) is 5.60 Å². The third-order valence-corrected chi connectivity index (χ3v) is 4.41. The van der Waals surface area contributed by atoms with Crippen molar-refractivity contribution in [2.75, 3.05) is 0 Å². The van der Waals surface area contributed by atoms with Crippen LogP contribution in [0.1, 0.15) is 26.3 Å². The molecule has 1 amide bonds. The van der Waals surface area contributed by atoms with E-state index in [2.05, 4.69) is 5.32 Å². The zero-order valence-corrected chi connectivity index (χ0v) is 15.6. The minimum absolute atomic E-state index is 0.390. The van der Waals surface area contributed by atoms with E-state index >= 15 is 0 Å². The van der Waals surface area contributed by atoms with Gasteiger partial charge < -0.3 is 10.1 Å². The van der Waals surface area contributed by atoms with Gasteiger partial charge in [0.15, 0.2) is 5.50 Å². The number of hydrogen-bond donors (Lipinski definition) is 1. The summed E-state index contributed by atoms with van der Waals surface area (Å²) in [5, 5.41) is 2.69. The van der Waals surface area contributed by atoms with Gasteiger partial charge in [0.2, 0.25) is 0 Å². The topological polar surface area (TPSA) is 38.3 Å². The number of halogens is 1. The van der Waals surface area contributed by atoms with E-state index in [-0.39, 0.29) is 0 Å². The number of benzene rings is 2. The molecule has 0 spiro atoms. The largest absolute Gasteiger partial charge is 0.444 e. The second-order valence-corrected chi connectivity index (χ2v) is 7.88. The molecule has 1 unspecified atom stereocenters. The van der Waals surface area contributed by atoms with Crippen LogP contribution in [0.2, 0.25) is 0 Å². The molecule has 0 aliphatic heterocycles. The van der Waals surface area contributed by atoms with Crippen LogP contribution in [0, 0.1) is 0 Å². The van der Waals surface area contributed by atoms with Gasteiger partial charge in [-0.25, -0.2) is 9.18 Å². The molecule has 25 heavy (non-hydrogen) atoms. The molecular formula is C20H24FNO2S. The second kappa shape index (κ2) is 8.90. The van der Waals surface area contributed by atoms with Gasteiger partial charge in [0, 0.05) is 4.90 Å². The summed E-state index contributed by atoms with van der Waals surface area (Å²) in [7, 11) is 0. The number of amides is 1. The summed E-state index contributed by atoms with van der Waals surface area (Å²) in [5.74, 6) is 0. The van der Waals surface area contributed by atoms with Crippen LogP contribution in [0.25, 0.3) is 0 Å². The highest BCUT2D eigenvalue weighted by Crippen LogP contribution is 2.27. The highest BCUT2D eigenvalue weighted by Gasteiger charge is 2.27. The van der Waals surface area contributed by atoms with Crippen LogP contribution in [-0.4, -0.2) is 23.2 Å². The molecule has 0 bridgehead atoms. The maximum atomic E-state index is 14.9. The number of carbonyl (C=O) groups excluding carboxylic acids is 1. The predicted molar refractivity (Wildman–Crippen MR) is 100 cm³/mol. The molecule has 2 aromatic carbocycles. The van der Waals surface area contributed by atoms with Crippen LogP contribution >= 0.6 is 11.8 Å². The van der Waals surface area contributed by atoms with Gasteiger partial charge in [-0.1, -0.05) is 60.3 Å². The van der Waals surface area contributed by atoms with Gasteiger partial charge in [-0.05, 0) is 44.9 Å². The Kier molecular flexibility index (Phi) is 6.88. The Morgan fingerprint density at radius 2 is 1.64 bits per heavy atom. The molecule has 0 saturated carbocycles. The fourth-order valence-corrected chi connectivity index (χ4v) is 3.15.